The first kappa shape index (κ1) is 20.5. The van der Waals surface area contributed by atoms with E-state index in [4.69, 9.17) is 9.84 Å². The highest BCUT2D eigenvalue weighted by atomic mass is 16.5. The minimum Gasteiger partial charge on any atom is -0.489 e. The number of likely N-dealkylation sites (tertiary alicyclic amines) is 1. The van der Waals surface area contributed by atoms with Gasteiger partial charge < -0.3 is 9.64 Å². The molecule has 0 spiro atoms. The summed E-state index contributed by atoms with van der Waals surface area (Å²) in [5.41, 5.74) is 3.88. The van der Waals surface area contributed by atoms with E-state index >= 15 is 0 Å². The molecule has 6 heteroatoms. The molecule has 1 saturated heterocycles. The van der Waals surface area contributed by atoms with Gasteiger partial charge in [0.25, 0.3) is 5.56 Å². The van der Waals surface area contributed by atoms with Crippen molar-refractivity contribution in [2.75, 3.05) is 19.6 Å². The minimum absolute atomic E-state index is 0.117. The van der Waals surface area contributed by atoms with Crippen LogP contribution >= 0.6 is 0 Å². The van der Waals surface area contributed by atoms with Crippen LogP contribution in [0, 0.1) is 6.92 Å². The number of nitrogens with zero attached hydrogens (tertiary/aromatic N) is 4. The van der Waals surface area contributed by atoms with E-state index in [1.165, 1.54) is 25.9 Å². The highest BCUT2D eigenvalue weighted by Gasteiger charge is 2.14. The number of fused-ring (bicyclic) bond motifs is 1. The lowest BCUT2D eigenvalue weighted by Gasteiger charge is -2.14. The molecule has 4 aromatic rings. The van der Waals surface area contributed by atoms with E-state index in [-0.39, 0.29) is 5.56 Å². The third-order valence-corrected chi connectivity index (χ3v) is 6.16. The quantitative estimate of drug-likeness (QED) is 0.443. The highest BCUT2D eigenvalue weighted by molar-refractivity contribution is 5.84. The Hall–Kier alpha value is -3.38. The Bertz CT molecular complexity index is 1270. The van der Waals surface area contributed by atoms with Crippen LogP contribution in [0.4, 0.5) is 0 Å². The van der Waals surface area contributed by atoms with Gasteiger partial charge in [0.2, 0.25) is 0 Å². The van der Waals surface area contributed by atoms with Crippen molar-refractivity contribution in [2.45, 2.75) is 32.9 Å². The fourth-order valence-corrected chi connectivity index (χ4v) is 4.40. The summed E-state index contributed by atoms with van der Waals surface area (Å²) in [6.07, 6.45) is 4.37. The van der Waals surface area contributed by atoms with Crippen LogP contribution in [0.25, 0.3) is 16.6 Å². The molecule has 0 unspecified atom stereocenters. The minimum atomic E-state index is -0.117. The second kappa shape index (κ2) is 9.01. The van der Waals surface area contributed by atoms with E-state index in [1.54, 1.807) is 16.8 Å². The lowest BCUT2D eigenvalue weighted by molar-refractivity contribution is 0.305. The van der Waals surface area contributed by atoms with Gasteiger partial charge in [-0.25, -0.2) is 0 Å². The summed E-state index contributed by atoms with van der Waals surface area (Å²) in [4.78, 5) is 15.3. The van der Waals surface area contributed by atoms with Crippen molar-refractivity contribution in [3.63, 3.8) is 0 Å². The van der Waals surface area contributed by atoms with Crippen molar-refractivity contribution in [3.8, 4) is 11.4 Å². The number of rotatable bonds is 7. The van der Waals surface area contributed by atoms with Crippen molar-refractivity contribution in [3.05, 3.63) is 88.5 Å². The number of aromatic nitrogens is 3. The zero-order valence-electron chi connectivity index (χ0n) is 18.4. The molecule has 0 saturated carbocycles. The average Bonchev–Trinajstić information content (AvgIpc) is 3.45. The van der Waals surface area contributed by atoms with Gasteiger partial charge in [-0.05, 0) is 62.7 Å². The molecule has 3 heterocycles. The van der Waals surface area contributed by atoms with Crippen molar-refractivity contribution < 1.29 is 4.74 Å². The lowest BCUT2D eigenvalue weighted by Crippen LogP contribution is -2.24. The van der Waals surface area contributed by atoms with Crippen molar-refractivity contribution >= 4 is 10.9 Å². The molecule has 0 atom stereocenters. The standard InChI is InChI=1S/C26H28N4O2/c1-20-24-17-22(9-10-25(24)30(27-20)16-15-28-12-5-6-13-28)29-14-11-23(18-26(29)31)32-19-21-7-3-2-4-8-21/h2-4,7-11,14,17-18H,5-6,12-13,15-16,19H2,1H3. The number of hydrogen-bond acceptors (Lipinski definition) is 4. The van der Waals surface area contributed by atoms with Crippen LogP contribution in [0.2, 0.25) is 0 Å². The summed E-state index contributed by atoms with van der Waals surface area (Å²) < 4.78 is 9.54. The van der Waals surface area contributed by atoms with E-state index in [9.17, 15) is 4.79 Å². The molecule has 1 aliphatic rings. The lowest BCUT2D eigenvalue weighted by atomic mass is 10.2. The first-order chi connectivity index (χ1) is 15.7. The molecule has 0 radical (unpaired) electrons. The molecule has 5 rings (SSSR count). The molecule has 1 aliphatic heterocycles. The van der Waals surface area contributed by atoms with Crippen LogP contribution < -0.4 is 10.3 Å². The first-order valence-electron chi connectivity index (χ1n) is 11.3. The van der Waals surface area contributed by atoms with Crippen molar-refractivity contribution in [1.82, 2.24) is 19.2 Å². The monoisotopic (exact) mass is 428 g/mol. The molecule has 0 bridgehead atoms. The van der Waals surface area contributed by atoms with E-state index in [0.717, 1.165) is 40.9 Å². The average molecular weight is 429 g/mol. The normalized spacial score (nSPS) is 14.3. The molecule has 2 aromatic carbocycles. The molecular weight excluding hydrogens is 400 g/mol. The number of benzene rings is 2. The highest BCUT2D eigenvalue weighted by Crippen LogP contribution is 2.22. The maximum atomic E-state index is 12.8. The van der Waals surface area contributed by atoms with Gasteiger partial charge in [-0.2, -0.15) is 5.10 Å². The summed E-state index contributed by atoms with van der Waals surface area (Å²) in [5, 5.41) is 5.84. The maximum absolute atomic E-state index is 12.8. The Kier molecular flexibility index (Phi) is 5.77. The van der Waals surface area contributed by atoms with Gasteiger partial charge in [0, 0.05) is 29.9 Å². The van der Waals surface area contributed by atoms with Crippen LogP contribution in [0.1, 0.15) is 24.1 Å². The predicted molar refractivity (Wildman–Crippen MR) is 127 cm³/mol. The second-order valence-corrected chi connectivity index (χ2v) is 8.40. The zero-order chi connectivity index (χ0) is 21.9. The summed E-state index contributed by atoms with van der Waals surface area (Å²) in [6.45, 7) is 6.76. The zero-order valence-corrected chi connectivity index (χ0v) is 18.4. The molecule has 1 fully saturated rings. The largest absolute Gasteiger partial charge is 0.489 e. The Morgan fingerprint density at radius 1 is 0.969 bits per heavy atom. The molecule has 0 amide bonds. The van der Waals surface area contributed by atoms with Gasteiger partial charge >= 0.3 is 0 Å². The topological polar surface area (TPSA) is 52.3 Å². The number of aryl methyl sites for hydroxylation is 1. The summed E-state index contributed by atoms with van der Waals surface area (Å²) in [7, 11) is 0. The van der Waals surface area contributed by atoms with Crippen LogP contribution in [-0.2, 0) is 13.2 Å². The van der Waals surface area contributed by atoms with E-state index in [1.807, 2.05) is 49.4 Å². The van der Waals surface area contributed by atoms with E-state index in [0.29, 0.717) is 12.4 Å². The summed E-state index contributed by atoms with van der Waals surface area (Å²) >= 11 is 0. The smallest absolute Gasteiger partial charge is 0.258 e. The van der Waals surface area contributed by atoms with E-state index in [2.05, 4.69) is 21.7 Å². The molecule has 32 heavy (non-hydrogen) atoms. The van der Waals surface area contributed by atoms with Crippen molar-refractivity contribution in [2.24, 2.45) is 0 Å². The summed E-state index contributed by atoms with van der Waals surface area (Å²) in [5.74, 6) is 0.571. The summed E-state index contributed by atoms with van der Waals surface area (Å²) in [6, 6.07) is 19.4. The van der Waals surface area contributed by atoms with E-state index < -0.39 is 0 Å². The number of pyridine rings is 1. The fourth-order valence-electron chi connectivity index (χ4n) is 4.40. The molecule has 0 aliphatic carbocycles. The SMILES string of the molecule is Cc1nn(CCN2CCCC2)c2ccc(-n3ccc(OCc4ccccc4)cc3=O)cc12. The van der Waals surface area contributed by atoms with Crippen LogP contribution in [0.15, 0.2) is 71.7 Å². The first-order valence-corrected chi connectivity index (χ1v) is 11.3. The Balaban J connectivity index is 1.34. The second-order valence-electron chi connectivity index (χ2n) is 8.40. The molecule has 6 nitrogen and oxygen atoms in total. The van der Waals surface area contributed by atoms with Crippen molar-refractivity contribution in [1.29, 1.82) is 0 Å². The molecule has 0 N–H and O–H groups in total. The number of ether oxygens (including phenoxy) is 1. The third kappa shape index (κ3) is 4.32. The van der Waals surface area contributed by atoms with Crippen LogP contribution in [0.3, 0.4) is 0 Å². The maximum Gasteiger partial charge on any atom is 0.258 e. The molecular formula is C26H28N4O2. The Morgan fingerprint density at radius 2 is 1.78 bits per heavy atom. The molecule has 2 aromatic heterocycles. The van der Waals surface area contributed by atoms with Gasteiger partial charge in [-0.1, -0.05) is 30.3 Å². The van der Waals surface area contributed by atoms with Gasteiger partial charge in [-0.15, -0.1) is 0 Å². The van der Waals surface area contributed by atoms with Crippen LogP contribution in [-0.4, -0.2) is 38.9 Å². The van der Waals surface area contributed by atoms with Gasteiger partial charge in [-0.3, -0.25) is 14.0 Å². The Labute approximate surface area is 187 Å². The predicted octanol–water partition coefficient (Wildman–Crippen LogP) is 4.17. The number of hydrogen-bond donors (Lipinski definition) is 0. The van der Waals surface area contributed by atoms with Crippen LogP contribution in [0.5, 0.6) is 5.75 Å². The van der Waals surface area contributed by atoms with Gasteiger partial charge in [0.15, 0.2) is 0 Å². The fraction of sp³-hybridized carbons (Fsp3) is 0.308. The third-order valence-electron chi connectivity index (χ3n) is 6.16. The molecule has 164 valence electrons. The van der Waals surface area contributed by atoms with Gasteiger partial charge in [0.1, 0.15) is 12.4 Å². The van der Waals surface area contributed by atoms with Gasteiger partial charge in [0.05, 0.1) is 17.8 Å². The Morgan fingerprint density at radius 3 is 2.56 bits per heavy atom.